The summed E-state index contributed by atoms with van der Waals surface area (Å²) in [6, 6.07) is 59.3. The fourth-order valence-corrected chi connectivity index (χ4v) is 6.54. The highest BCUT2D eigenvalue weighted by Gasteiger charge is 2.16. The molecule has 0 spiro atoms. The molecule has 0 N–H and O–H groups in total. The lowest BCUT2D eigenvalue weighted by molar-refractivity contribution is 1.07. The average Bonchev–Trinajstić information content (AvgIpc) is 3.24. The van der Waals surface area contributed by atoms with Crippen molar-refractivity contribution < 1.29 is 0 Å². The highest BCUT2D eigenvalue weighted by atomic mass is 14.8. The van der Waals surface area contributed by atoms with E-state index >= 15 is 0 Å². The van der Waals surface area contributed by atoms with Gasteiger partial charge in [0.1, 0.15) is 0 Å². The van der Waals surface area contributed by atoms with Crippen molar-refractivity contribution in [2.24, 2.45) is 9.98 Å². The minimum Gasteiger partial charge on any atom is -0.280 e. The second-order valence-corrected chi connectivity index (χ2v) is 12.7. The molecule has 0 aliphatic rings. The normalized spacial score (nSPS) is 11.8. The SMILES string of the molecule is C=N/C(=C\C(=NCc1ccc(-c2nc3ccccc3nc2-c2cccc3cc(C#N)ccc23)cc1)c1ccccc1)c1ccc(-c2ccccc2)cc1. The summed E-state index contributed by atoms with van der Waals surface area (Å²) < 4.78 is 0. The average molecular weight is 680 g/mol. The van der Waals surface area contributed by atoms with Crippen molar-refractivity contribution in [1.29, 1.82) is 5.26 Å². The molecule has 8 rings (SSSR count). The van der Waals surface area contributed by atoms with Gasteiger partial charge in [0.2, 0.25) is 0 Å². The third kappa shape index (κ3) is 7.03. The maximum Gasteiger partial charge on any atom is 0.0991 e. The number of hydrogen-bond acceptors (Lipinski definition) is 5. The lowest BCUT2D eigenvalue weighted by Crippen LogP contribution is -2.00. The van der Waals surface area contributed by atoms with Crippen molar-refractivity contribution in [2.45, 2.75) is 6.54 Å². The Labute approximate surface area is 308 Å². The van der Waals surface area contributed by atoms with Gasteiger partial charge in [0.25, 0.3) is 0 Å². The first-order valence-electron chi connectivity index (χ1n) is 17.4. The molecule has 250 valence electrons. The van der Waals surface area contributed by atoms with Gasteiger partial charge in [-0.15, -0.1) is 0 Å². The molecule has 5 nitrogen and oxygen atoms in total. The predicted molar refractivity (Wildman–Crippen MR) is 219 cm³/mol. The van der Waals surface area contributed by atoms with Gasteiger partial charge in [-0.25, -0.2) is 9.97 Å². The van der Waals surface area contributed by atoms with Crippen molar-refractivity contribution in [3.8, 4) is 39.7 Å². The van der Waals surface area contributed by atoms with Crippen LogP contribution in [0.3, 0.4) is 0 Å². The Morgan fingerprint density at radius 3 is 1.94 bits per heavy atom. The van der Waals surface area contributed by atoms with E-state index < -0.39 is 0 Å². The van der Waals surface area contributed by atoms with Crippen LogP contribution in [0, 0.1) is 11.3 Å². The minimum absolute atomic E-state index is 0.471. The van der Waals surface area contributed by atoms with Gasteiger partial charge in [-0.3, -0.25) is 9.98 Å². The highest BCUT2D eigenvalue weighted by Crippen LogP contribution is 2.36. The molecule has 0 fully saturated rings. The van der Waals surface area contributed by atoms with E-state index in [1.54, 1.807) is 0 Å². The minimum atomic E-state index is 0.471. The van der Waals surface area contributed by atoms with Gasteiger partial charge >= 0.3 is 0 Å². The van der Waals surface area contributed by atoms with Gasteiger partial charge in [-0.2, -0.15) is 5.26 Å². The third-order valence-electron chi connectivity index (χ3n) is 9.30. The quantitative estimate of drug-likeness (QED) is 0.143. The zero-order valence-electron chi connectivity index (χ0n) is 28.9. The van der Waals surface area contributed by atoms with Gasteiger partial charge in [0.15, 0.2) is 0 Å². The van der Waals surface area contributed by atoms with Crippen LogP contribution in [0.4, 0.5) is 0 Å². The Morgan fingerprint density at radius 1 is 0.604 bits per heavy atom. The van der Waals surface area contributed by atoms with Crippen LogP contribution in [0.2, 0.25) is 0 Å². The summed E-state index contributed by atoms with van der Waals surface area (Å²) in [5, 5.41) is 11.5. The summed E-state index contributed by atoms with van der Waals surface area (Å²) in [4.78, 5) is 19.8. The molecule has 1 heterocycles. The molecule has 8 aromatic rings. The molecule has 0 unspecified atom stereocenters. The van der Waals surface area contributed by atoms with Crippen LogP contribution in [0.1, 0.15) is 22.3 Å². The maximum absolute atomic E-state index is 9.49. The lowest BCUT2D eigenvalue weighted by atomic mass is 9.96. The maximum atomic E-state index is 9.49. The van der Waals surface area contributed by atoms with E-state index in [0.29, 0.717) is 12.1 Å². The van der Waals surface area contributed by atoms with Crippen molar-refractivity contribution in [3.05, 3.63) is 198 Å². The van der Waals surface area contributed by atoms with Crippen LogP contribution < -0.4 is 0 Å². The zero-order chi connectivity index (χ0) is 36.0. The van der Waals surface area contributed by atoms with Crippen molar-refractivity contribution in [3.63, 3.8) is 0 Å². The molecule has 0 saturated carbocycles. The van der Waals surface area contributed by atoms with E-state index in [1.807, 2.05) is 97.1 Å². The fourth-order valence-electron chi connectivity index (χ4n) is 6.54. The molecular weight excluding hydrogens is 647 g/mol. The smallest absolute Gasteiger partial charge is 0.0991 e. The van der Waals surface area contributed by atoms with Gasteiger partial charge in [-0.1, -0.05) is 146 Å². The van der Waals surface area contributed by atoms with E-state index in [1.165, 1.54) is 5.56 Å². The van der Waals surface area contributed by atoms with Gasteiger partial charge in [0, 0.05) is 16.7 Å². The monoisotopic (exact) mass is 679 g/mol. The lowest BCUT2D eigenvalue weighted by Gasteiger charge is -2.13. The number of aromatic nitrogens is 2. The number of aliphatic imine (C=N–C) groups is 2. The highest BCUT2D eigenvalue weighted by molar-refractivity contribution is 6.12. The molecule has 53 heavy (non-hydrogen) atoms. The Hall–Kier alpha value is -7.29. The molecule has 0 aliphatic carbocycles. The molecule has 7 aromatic carbocycles. The molecule has 0 bridgehead atoms. The molecule has 1 aromatic heterocycles. The number of rotatable bonds is 9. The number of nitriles is 1. The number of allylic oxidation sites excluding steroid dienone is 1. The zero-order valence-corrected chi connectivity index (χ0v) is 28.9. The van der Waals surface area contributed by atoms with Crippen LogP contribution in [0.5, 0.6) is 0 Å². The third-order valence-corrected chi connectivity index (χ3v) is 9.30. The number of fused-ring (bicyclic) bond motifs is 2. The van der Waals surface area contributed by atoms with E-state index in [4.69, 9.17) is 15.0 Å². The van der Waals surface area contributed by atoms with E-state index in [-0.39, 0.29) is 0 Å². The van der Waals surface area contributed by atoms with Crippen LogP contribution >= 0.6 is 0 Å². The Balaban J connectivity index is 1.13. The van der Waals surface area contributed by atoms with Gasteiger partial charge in [-0.05, 0) is 70.1 Å². The first-order chi connectivity index (χ1) is 26.2. The van der Waals surface area contributed by atoms with E-state index in [2.05, 4.69) is 96.6 Å². The van der Waals surface area contributed by atoms with Crippen LogP contribution in [-0.4, -0.2) is 22.4 Å². The Bertz CT molecular complexity index is 2690. The number of para-hydroxylation sites is 2. The summed E-state index contributed by atoms with van der Waals surface area (Å²) in [5.74, 6) is 0. The summed E-state index contributed by atoms with van der Waals surface area (Å²) >= 11 is 0. The Morgan fingerprint density at radius 2 is 1.25 bits per heavy atom. The van der Waals surface area contributed by atoms with Gasteiger partial charge < -0.3 is 0 Å². The molecule has 0 amide bonds. The summed E-state index contributed by atoms with van der Waals surface area (Å²) in [6.45, 7) is 4.37. The first kappa shape index (κ1) is 32.9. The molecule has 0 radical (unpaired) electrons. The summed E-state index contributed by atoms with van der Waals surface area (Å²) in [7, 11) is 0. The number of hydrogen-bond donors (Lipinski definition) is 0. The van der Waals surface area contributed by atoms with Crippen molar-refractivity contribution in [2.75, 3.05) is 0 Å². The summed E-state index contributed by atoms with van der Waals surface area (Å²) in [6.07, 6.45) is 2.01. The van der Waals surface area contributed by atoms with Crippen LogP contribution in [0.15, 0.2) is 186 Å². The predicted octanol–water partition coefficient (Wildman–Crippen LogP) is 11.4. The molecular formula is C48H33N5. The second kappa shape index (κ2) is 14.9. The van der Waals surface area contributed by atoms with E-state index in [9.17, 15) is 5.26 Å². The molecule has 5 heteroatoms. The topological polar surface area (TPSA) is 74.3 Å². The standard InChI is InChI=1S/C48H33N5/c1-50-45(38-26-24-36(25-27-38)35-11-4-2-5-12-35)30-46(37-13-6-3-7-14-37)51-32-33-19-22-39(23-20-33)47-48(53-44-18-9-8-17-43(44)52-47)42-16-10-15-40-29-34(31-49)21-28-41(40)42/h2-30H,1,32H2/b45-30-,51-46?. The summed E-state index contributed by atoms with van der Waals surface area (Å²) in [5.41, 5.74) is 12.7. The number of nitrogens with zero attached hydrogens (tertiary/aromatic N) is 5. The molecule has 0 atom stereocenters. The van der Waals surface area contributed by atoms with Crippen LogP contribution in [0.25, 0.3) is 61.1 Å². The fraction of sp³-hybridized carbons (Fsp3) is 0.0208. The first-order valence-corrected chi connectivity index (χ1v) is 17.4. The van der Waals surface area contributed by atoms with E-state index in [0.717, 1.165) is 78.0 Å². The van der Waals surface area contributed by atoms with Crippen molar-refractivity contribution >= 4 is 39.9 Å². The van der Waals surface area contributed by atoms with Crippen LogP contribution in [-0.2, 0) is 6.54 Å². The van der Waals surface area contributed by atoms with Gasteiger partial charge in [0.05, 0.1) is 52.0 Å². The Kier molecular flexibility index (Phi) is 9.25. The molecule has 0 aliphatic heterocycles. The second-order valence-electron chi connectivity index (χ2n) is 12.7. The number of benzene rings is 7. The molecule has 0 saturated heterocycles. The largest absolute Gasteiger partial charge is 0.280 e. The van der Waals surface area contributed by atoms with Crippen molar-refractivity contribution in [1.82, 2.24) is 9.97 Å².